The van der Waals surface area contributed by atoms with Crippen molar-refractivity contribution in [2.24, 2.45) is 10.9 Å². The Kier molecular flexibility index (Phi) is 5.65. The number of ether oxygens (including phenoxy) is 1. The second-order valence-corrected chi connectivity index (χ2v) is 12.0. The predicted molar refractivity (Wildman–Crippen MR) is 155 cm³/mol. The summed E-state index contributed by atoms with van der Waals surface area (Å²) in [5.41, 5.74) is 6.24. The summed E-state index contributed by atoms with van der Waals surface area (Å²) in [5, 5.41) is 7.37. The van der Waals surface area contributed by atoms with E-state index in [0.717, 1.165) is 63.1 Å². The third-order valence-electron chi connectivity index (χ3n) is 8.71. The molecule has 1 fully saturated rings. The second kappa shape index (κ2) is 9.28. The molecule has 0 spiro atoms. The summed E-state index contributed by atoms with van der Waals surface area (Å²) in [6.45, 7) is 4.54. The minimum absolute atomic E-state index is 0.0940. The molecule has 2 aromatic carbocycles. The number of benzene rings is 2. The first-order valence-corrected chi connectivity index (χ1v) is 14.3. The van der Waals surface area contributed by atoms with Gasteiger partial charge in [0.05, 0.1) is 23.6 Å². The average molecular weight is 602 g/mol. The number of fused-ring (bicyclic) bond motifs is 4. The van der Waals surface area contributed by atoms with E-state index in [1.165, 1.54) is 6.07 Å². The number of aliphatic imine (C=N–C) groups is 1. The van der Waals surface area contributed by atoms with Crippen LogP contribution in [0.3, 0.4) is 0 Å². The van der Waals surface area contributed by atoms with Crippen LogP contribution in [0.4, 0.5) is 13.2 Å². The highest BCUT2D eigenvalue weighted by atomic mass is 35.5. The number of aromatic nitrogens is 4. The Hall–Kier alpha value is -4.44. The van der Waals surface area contributed by atoms with Crippen LogP contribution in [-0.4, -0.2) is 31.9 Å². The SMILES string of the molecule is C=C1COc2cc(C3=NC=C(C4C5CC5c5cc(-c6cc(Cl)ccc6-n6cc(C(F)(F)F)nn6)cc(=O)n54)C3)ccc2C1. The maximum Gasteiger partial charge on any atom is 0.436 e. The summed E-state index contributed by atoms with van der Waals surface area (Å²) in [4.78, 5) is 18.4. The lowest BCUT2D eigenvalue weighted by Gasteiger charge is -2.21. The van der Waals surface area contributed by atoms with Gasteiger partial charge in [0, 0.05) is 47.3 Å². The fourth-order valence-corrected chi connectivity index (χ4v) is 6.82. The van der Waals surface area contributed by atoms with Gasteiger partial charge in [-0.15, -0.1) is 5.10 Å². The van der Waals surface area contributed by atoms with Gasteiger partial charge in [-0.3, -0.25) is 9.79 Å². The Morgan fingerprint density at radius 3 is 2.72 bits per heavy atom. The van der Waals surface area contributed by atoms with Crippen molar-refractivity contribution in [1.82, 2.24) is 19.6 Å². The average Bonchev–Trinajstić information content (AvgIpc) is 3.30. The van der Waals surface area contributed by atoms with Crippen LogP contribution in [0, 0.1) is 5.92 Å². The lowest BCUT2D eigenvalue weighted by molar-refractivity contribution is -0.141. The van der Waals surface area contributed by atoms with Crippen LogP contribution in [0.15, 0.2) is 88.4 Å². The number of hydrogen-bond donors (Lipinski definition) is 0. The Morgan fingerprint density at radius 1 is 1.05 bits per heavy atom. The van der Waals surface area contributed by atoms with Crippen molar-refractivity contribution in [2.45, 2.75) is 37.4 Å². The quantitative estimate of drug-likeness (QED) is 0.244. The van der Waals surface area contributed by atoms with E-state index in [1.54, 1.807) is 18.2 Å². The highest BCUT2D eigenvalue weighted by molar-refractivity contribution is 6.31. The molecule has 0 radical (unpaired) electrons. The zero-order chi connectivity index (χ0) is 29.6. The van der Waals surface area contributed by atoms with Crippen LogP contribution < -0.4 is 10.3 Å². The molecule has 4 aliphatic rings. The number of nitrogens with zero attached hydrogens (tertiary/aromatic N) is 5. The first-order valence-electron chi connectivity index (χ1n) is 13.9. The van der Waals surface area contributed by atoms with E-state index in [-0.39, 0.29) is 17.5 Å². The summed E-state index contributed by atoms with van der Waals surface area (Å²) in [7, 11) is 0. The van der Waals surface area contributed by atoms with Gasteiger partial charge in [0.15, 0.2) is 5.69 Å². The number of alkyl halides is 3. The molecule has 0 saturated heterocycles. The monoisotopic (exact) mass is 601 g/mol. The largest absolute Gasteiger partial charge is 0.489 e. The van der Waals surface area contributed by atoms with Crippen LogP contribution in [0.5, 0.6) is 5.75 Å². The Morgan fingerprint density at radius 2 is 1.91 bits per heavy atom. The van der Waals surface area contributed by atoms with E-state index >= 15 is 0 Å². The van der Waals surface area contributed by atoms with Gasteiger partial charge >= 0.3 is 6.18 Å². The van der Waals surface area contributed by atoms with Crippen molar-refractivity contribution < 1.29 is 17.9 Å². The van der Waals surface area contributed by atoms with Gasteiger partial charge in [0.25, 0.3) is 5.56 Å². The molecular weight excluding hydrogens is 579 g/mol. The molecule has 3 unspecified atom stereocenters. The molecule has 216 valence electrons. The van der Waals surface area contributed by atoms with E-state index in [1.807, 2.05) is 22.9 Å². The van der Waals surface area contributed by atoms with Gasteiger partial charge in [-0.25, -0.2) is 4.68 Å². The van der Waals surface area contributed by atoms with E-state index in [2.05, 4.69) is 29.0 Å². The molecule has 7 nitrogen and oxygen atoms in total. The van der Waals surface area contributed by atoms with Gasteiger partial charge in [0.2, 0.25) is 0 Å². The Bertz CT molecular complexity index is 1990. The van der Waals surface area contributed by atoms with Crippen molar-refractivity contribution in [3.63, 3.8) is 0 Å². The summed E-state index contributed by atoms with van der Waals surface area (Å²) < 4.78 is 48.4. The third kappa shape index (κ3) is 4.34. The van der Waals surface area contributed by atoms with E-state index in [0.29, 0.717) is 40.8 Å². The van der Waals surface area contributed by atoms with Crippen molar-refractivity contribution in [2.75, 3.05) is 6.61 Å². The Labute approximate surface area is 248 Å². The van der Waals surface area contributed by atoms with Crippen LogP contribution >= 0.6 is 11.6 Å². The number of pyridine rings is 1. The predicted octanol–water partition coefficient (Wildman–Crippen LogP) is 6.69. The molecule has 1 saturated carbocycles. The van der Waals surface area contributed by atoms with E-state index in [4.69, 9.17) is 21.3 Å². The highest BCUT2D eigenvalue weighted by Crippen LogP contribution is 2.62. The normalized spacial score (nSPS) is 22.0. The van der Waals surface area contributed by atoms with Gasteiger partial charge < -0.3 is 9.30 Å². The van der Waals surface area contributed by atoms with Crippen LogP contribution in [0.25, 0.3) is 16.8 Å². The maximum atomic E-state index is 13.7. The van der Waals surface area contributed by atoms with E-state index in [9.17, 15) is 18.0 Å². The first kappa shape index (κ1) is 26.2. The number of halogens is 4. The van der Waals surface area contributed by atoms with Crippen LogP contribution in [0.2, 0.25) is 5.02 Å². The molecule has 5 heterocycles. The van der Waals surface area contributed by atoms with Gasteiger partial charge in [-0.05, 0) is 70.5 Å². The summed E-state index contributed by atoms with van der Waals surface area (Å²) in [6, 6.07) is 14.3. The van der Waals surface area contributed by atoms with Crippen molar-refractivity contribution in [3.05, 3.63) is 117 Å². The minimum Gasteiger partial charge on any atom is -0.489 e. The molecule has 1 aliphatic carbocycles. The van der Waals surface area contributed by atoms with E-state index < -0.39 is 11.9 Å². The lowest BCUT2D eigenvalue weighted by atomic mass is 9.95. The molecule has 2 aromatic heterocycles. The highest BCUT2D eigenvalue weighted by Gasteiger charge is 2.54. The first-order chi connectivity index (χ1) is 20.6. The molecule has 3 aliphatic heterocycles. The van der Waals surface area contributed by atoms with Crippen molar-refractivity contribution in [3.8, 4) is 22.6 Å². The molecule has 43 heavy (non-hydrogen) atoms. The maximum absolute atomic E-state index is 13.7. The fraction of sp³-hybridized carbons (Fsp3) is 0.250. The van der Waals surface area contributed by atoms with Crippen LogP contribution in [0.1, 0.15) is 47.3 Å². The number of rotatable bonds is 4. The fourth-order valence-electron chi connectivity index (χ4n) is 6.64. The second-order valence-electron chi connectivity index (χ2n) is 11.5. The van der Waals surface area contributed by atoms with Crippen LogP contribution in [-0.2, 0) is 12.6 Å². The minimum atomic E-state index is -4.63. The molecule has 3 atom stereocenters. The zero-order valence-electron chi connectivity index (χ0n) is 22.6. The molecular formula is C32H23ClF3N5O2. The standard InChI is InChI=1S/C32H23ClF3N5O2/c1-16-6-18-3-2-17(9-28(18)43-15-16)25-7-20(13-37-25)31-24-12-23(24)27-8-19(10-30(42)41(27)31)22-11-21(33)4-5-26(22)40-14-29(38-39-40)32(34,35)36/h2-5,8-11,13-14,23-24,31H,1,6-7,12,15H2. The lowest BCUT2D eigenvalue weighted by Crippen LogP contribution is -2.26. The van der Waals surface area contributed by atoms with Crippen molar-refractivity contribution in [1.29, 1.82) is 0 Å². The molecule has 8 rings (SSSR count). The van der Waals surface area contributed by atoms with Gasteiger partial charge in [-0.1, -0.05) is 35.5 Å². The van der Waals surface area contributed by atoms with Gasteiger partial charge in [0.1, 0.15) is 12.4 Å². The molecule has 0 bridgehead atoms. The molecule has 0 amide bonds. The summed E-state index contributed by atoms with van der Waals surface area (Å²) >= 11 is 6.30. The summed E-state index contributed by atoms with van der Waals surface area (Å²) in [5.74, 6) is 1.38. The number of hydrogen-bond acceptors (Lipinski definition) is 5. The topological polar surface area (TPSA) is 74.3 Å². The Balaban J connectivity index is 1.11. The number of allylic oxidation sites excluding steroid dienone is 1. The molecule has 0 N–H and O–H groups in total. The zero-order valence-corrected chi connectivity index (χ0v) is 23.4. The smallest absolute Gasteiger partial charge is 0.436 e. The molecule has 11 heteroatoms. The third-order valence-corrected chi connectivity index (χ3v) is 8.95. The van der Waals surface area contributed by atoms with Gasteiger partial charge in [-0.2, -0.15) is 13.2 Å². The summed E-state index contributed by atoms with van der Waals surface area (Å²) in [6.07, 6.45) is 0.495. The van der Waals surface area contributed by atoms with Crippen molar-refractivity contribution >= 4 is 17.3 Å². The molecule has 4 aromatic rings.